The van der Waals surface area contributed by atoms with E-state index < -0.39 is 28.4 Å². The predicted molar refractivity (Wildman–Crippen MR) is 116 cm³/mol. The molecule has 0 bridgehead atoms. The molecule has 13 nitrogen and oxygen atoms in total. The van der Waals surface area contributed by atoms with Gasteiger partial charge in [0.25, 0.3) is 5.96 Å². The minimum Gasteiger partial charge on any atom is -0.444 e. The number of hydrogen-bond acceptors (Lipinski definition) is 8. The second kappa shape index (κ2) is 13.5. The van der Waals surface area contributed by atoms with Gasteiger partial charge in [0, 0.05) is 32.2 Å². The molecule has 0 aromatic rings. The molecule has 2 amide bonds. The number of hydrazine groups is 1. The fraction of sp³-hybridized carbons (Fsp3) is 0.833. The number of aliphatic imine (C=N–C) groups is 1. The largest absolute Gasteiger partial charge is 0.444 e. The van der Waals surface area contributed by atoms with Crippen LogP contribution in [0.4, 0.5) is 9.59 Å². The minimum absolute atomic E-state index is 0.249. The van der Waals surface area contributed by atoms with Crippen molar-refractivity contribution in [3.05, 3.63) is 10.1 Å². The van der Waals surface area contributed by atoms with Gasteiger partial charge in [-0.05, 0) is 54.4 Å². The molecule has 0 aromatic heterocycles. The monoisotopic (exact) mass is 447 g/mol. The summed E-state index contributed by atoms with van der Waals surface area (Å²) in [6.45, 7) is 12.1. The number of nitro groups is 1. The van der Waals surface area contributed by atoms with Crippen molar-refractivity contribution >= 4 is 18.1 Å². The number of hydrogen-bond donors (Lipinski definition) is 5. The first-order chi connectivity index (χ1) is 14.2. The lowest BCUT2D eigenvalue weighted by molar-refractivity contribution is -0.525. The van der Waals surface area contributed by atoms with E-state index in [0.29, 0.717) is 32.5 Å². The van der Waals surface area contributed by atoms with Gasteiger partial charge in [0.15, 0.2) is 5.03 Å². The van der Waals surface area contributed by atoms with Crippen LogP contribution in [0, 0.1) is 10.1 Å². The number of carbonyl (C=O) groups excluding carboxylic acids is 2. The number of nitrogens with two attached hydrogens (primary N) is 1. The average Bonchev–Trinajstić information content (AvgIpc) is 2.54. The zero-order chi connectivity index (χ0) is 24.1. The number of rotatable bonds is 11. The van der Waals surface area contributed by atoms with E-state index in [-0.39, 0.29) is 18.5 Å². The summed E-state index contributed by atoms with van der Waals surface area (Å²) >= 11 is 0. The first-order valence-electron chi connectivity index (χ1n) is 10.1. The molecule has 13 heteroatoms. The third-order valence-electron chi connectivity index (χ3n) is 3.28. The van der Waals surface area contributed by atoms with Crippen LogP contribution in [0.1, 0.15) is 54.4 Å². The summed E-state index contributed by atoms with van der Waals surface area (Å²) in [5, 5.41) is 18.1. The van der Waals surface area contributed by atoms with E-state index in [1.165, 1.54) is 0 Å². The lowest BCUT2D eigenvalue weighted by Gasteiger charge is -2.24. The summed E-state index contributed by atoms with van der Waals surface area (Å²) < 4.78 is 10.4. The molecular formula is C18H37N7O6. The van der Waals surface area contributed by atoms with Crippen LogP contribution < -0.4 is 27.1 Å². The van der Waals surface area contributed by atoms with Crippen molar-refractivity contribution in [3.63, 3.8) is 0 Å². The van der Waals surface area contributed by atoms with Crippen LogP contribution in [0.3, 0.4) is 0 Å². The first kappa shape index (κ1) is 28.2. The van der Waals surface area contributed by atoms with E-state index in [1.54, 1.807) is 47.0 Å². The van der Waals surface area contributed by atoms with Crippen LogP contribution >= 0.6 is 0 Å². The Morgan fingerprint density at radius 2 is 1.65 bits per heavy atom. The van der Waals surface area contributed by atoms with Crippen molar-refractivity contribution in [2.24, 2.45) is 10.7 Å². The molecule has 0 saturated carbocycles. The normalized spacial score (nSPS) is 13.2. The molecule has 0 heterocycles. The van der Waals surface area contributed by atoms with Crippen molar-refractivity contribution in [3.8, 4) is 0 Å². The molecule has 0 aliphatic rings. The highest BCUT2D eigenvalue weighted by Crippen LogP contribution is 2.08. The summed E-state index contributed by atoms with van der Waals surface area (Å²) in [4.78, 5) is 37.8. The van der Waals surface area contributed by atoms with Gasteiger partial charge in [0.05, 0.1) is 0 Å². The molecule has 0 rings (SSSR count). The van der Waals surface area contributed by atoms with Crippen LogP contribution in [0.25, 0.3) is 0 Å². The highest BCUT2D eigenvalue weighted by molar-refractivity contribution is 5.76. The molecule has 0 aliphatic heterocycles. The molecule has 0 fully saturated rings. The molecule has 0 aliphatic carbocycles. The number of nitrogens with one attached hydrogen (secondary N) is 4. The van der Waals surface area contributed by atoms with Crippen molar-refractivity contribution in [1.82, 2.24) is 21.4 Å². The summed E-state index contributed by atoms with van der Waals surface area (Å²) in [7, 11) is 0. The van der Waals surface area contributed by atoms with Gasteiger partial charge in [-0.2, -0.15) is 0 Å². The average molecular weight is 448 g/mol. The summed E-state index contributed by atoms with van der Waals surface area (Å²) in [5.74, 6) is -0.284. The van der Waals surface area contributed by atoms with Gasteiger partial charge in [-0.15, -0.1) is 0 Å². The SMILES string of the molecule is CC(C)(C)OC(=O)NCCNCC(CCCN=C(N)N[N+](=O)[O-])NC(=O)OC(C)(C)C. The Labute approximate surface area is 183 Å². The van der Waals surface area contributed by atoms with Crippen LogP contribution in [0.2, 0.25) is 0 Å². The Morgan fingerprint density at radius 1 is 1.06 bits per heavy atom. The first-order valence-corrected chi connectivity index (χ1v) is 10.1. The number of amides is 2. The van der Waals surface area contributed by atoms with Gasteiger partial charge in [0.2, 0.25) is 0 Å². The highest BCUT2D eigenvalue weighted by Gasteiger charge is 2.19. The Morgan fingerprint density at radius 3 is 2.19 bits per heavy atom. The van der Waals surface area contributed by atoms with Crippen molar-refractivity contribution < 1.29 is 24.1 Å². The molecule has 0 saturated heterocycles. The van der Waals surface area contributed by atoms with E-state index in [1.807, 2.05) is 0 Å². The van der Waals surface area contributed by atoms with Gasteiger partial charge in [-0.25, -0.2) is 24.7 Å². The van der Waals surface area contributed by atoms with Crippen molar-refractivity contribution in [2.45, 2.75) is 71.6 Å². The van der Waals surface area contributed by atoms with Gasteiger partial charge >= 0.3 is 12.2 Å². The van der Waals surface area contributed by atoms with Gasteiger partial charge in [-0.1, -0.05) is 5.43 Å². The Bertz CT molecular complexity index is 614. The molecule has 0 radical (unpaired) electrons. The molecule has 180 valence electrons. The third-order valence-corrected chi connectivity index (χ3v) is 3.28. The highest BCUT2D eigenvalue weighted by atomic mass is 16.7. The van der Waals surface area contributed by atoms with Gasteiger partial charge < -0.3 is 31.2 Å². The second-order valence-electron chi connectivity index (χ2n) is 8.75. The molecule has 31 heavy (non-hydrogen) atoms. The maximum absolute atomic E-state index is 12.1. The van der Waals surface area contributed by atoms with Crippen LogP contribution in [0.5, 0.6) is 0 Å². The zero-order valence-corrected chi connectivity index (χ0v) is 19.2. The Balaban J connectivity index is 4.49. The molecule has 1 unspecified atom stereocenters. The lowest BCUT2D eigenvalue weighted by Crippen LogP contribution is -2.45. The van der Waals surface area contributed by atoms with E-state index in [9.17, 15) is 19.7 Å². The van der Waals surface area contributed by atoms with E-state index >= 15 is 0 Å². The Hall–Kier alpha value is -2.83. The predicted octanol–water partition coefficient (Wildman–Crippen LogP) is 0.870. The van der Waals surface area contributed by atoms with Crippen LogP contribution in [-0.4, -0.2) is 66.6 Å². The maximum Gasteiger partial charge on any atom is 0.407 e. The third kappa shape index (κ3) is 18.9. The molecule has 1 atom stereocenters. The standard InChI is InChI=1S/C18H37N7O6/c1-17(2,3)30-15(26)22-11-10-20-12-13(23-16(27)31-18(4,5)6)8-7-9-21-14(19)24-25(28)29/h13,20H,7-12H2,1-6H3,(H,22,26)(H,23,27)(H3,19,21,24). The molecule has 0 aromatic carbocycles. The van der Waals surface area contributed by atoms with E-state index in [2.05, 4.69) is 20.9 Å². The number of guanidine groups is 1. The zero-order valence-electron chi connectivity index (χ0n) is 19.2. The van der Waals surface area contributed by atoms with E-state index in [0.717, 1.165) is 0 Å². The number of carbonyl (C=O) groups is 2. The lowest BCUT2D eigenvalue weighted by atomic mass is 10.1. The van der Waals surface area contributed by atoms with Crippen LogP contribution in [0.15, 0.2) is 4.99 Å². The number of ether oxygens (including phenoxy) is 2. The summed E-state index contributed by atoms with van der Waals surface area (Å²) in [6, 6.07) is -0.281. The maximum atomic E-state index is 12.1. The minimum atomic E-state index is -0.791. The topological polar surface area (TPSA) is 182 Å². The van der Waals surface area contributed by atoms with Gasteiger partial charge in [-0.3, -0.25) is 0 Å². The van der Waals surface area contributed by atoms with Crippen LogP contribution in [-0.2, 0) is 9.47 Å². The molecular weight excluding hydrogens is 410 g/mol. The fourth-order valence-corrected chi connectivity index (χ4v) is 2.21. The second-order valence-corrected chi connectivity index (χ2v) is 8.75. The molecule has 0 spiro atoms. The smallest absolute Gasteiger partial charge is 0.407 e. The number of nitrogens with zero attached hydrogens (tertiary/aromatic N) is 2. The van der Waals surface area contributed by atoms with Crippen molar-refractivity contribution in [1.29, 1.82) is 0 Å². The summed E-state index contributed by atoms with van der Waals surface area (Å²) in [5.41, 5.74) is 5.93. The van der Waals surface area contributed by atoms with Crippen molar-refractivity contribution in [2.75, 3.05) is 26.2 Å². The Kier molecular flexibility index (Phi) is 12.2. The number of alkyl carbamates (subject to hydrolysis) is 2. The summed E-state index contributed by atoms with van der Waals surface area (Å²) in [6.07, 6.45) is 0.0000573. The van der Waals surface area contributed by atoms with E-state index in [4.69, 9.17) is 15.2 Å². The quantitative estimate of drug-likeness (QED) is 0.101. The molecule has 6 N–H and O–H groups in total. The fourth-order valence-electron chi connectivity index (χ4n) is 2.21. The van der Waals surface area contributed by atoms with Gasteiger partial charge in [0.1, 0.15) is 11.2 Å².